The van der Waals surface area contributed by atoms with Gasteiger partial charge in [-0.25, -0.2) is 5.43 Å². The van der Waals surface area contributed by atoms with Crippen molar-refractivity contribution in [2.45, 2.75) is 12.5 Å². The van der Waals surface area contributed by atoms with Gasteiger partial charge < -0.3 is 0 Å². The highest BCUT2D eigenvalue weighted by Crippen LogP contribution is 2.16. The summed E-state index contributed by atoms with van der Waals surface area (Å²) in [5.74, 6) is 7.84. The van der Waals surface area contributed by atoms with Crippen LogP contribution in [0.2, 0.25) is 0 Å². The summed E-state index contributed by atoms with van der Waals surface area (Å²) >= 11 is 3.45. The van der Waals surface area contributed by atoms with Crippen molar-refractivity contribution in [2.24, 2.45) is 5.84 Å². The Labute approximate surface area is 86.6 Å². The molecule has 0 spiro atoms. The predicted molar refractivity (Wildman–Crippen MR) is 57.8 cm³/mol. The van der Waals surface area contributed by atoms with E-state index in [9.17, 15) is 0 Å². The fourth-order valence-electron chi connectivity index (χ4n) is 1.05. The van der Waals surface area contributed by atoms with Crippen LogP contribution in [0, 0.1) is 12.3 Å². The zero-order chi connectivity index (χ0) is 9.68. The van der Waals surface area contributed by atoms with E-state index in [-0.39, 0.29) is 6.04 Å². The largest absolute Gasteiger partial charge is 0.270 e. The van der Waals surface area contributed by atoms with E-state index in [1.807, 2.05) is 24.3 Å². The quantitative estimate of drug-likeness (QED) is 0.476. The van der Waals surface area contributed by atoms with Crippen molar-refractivity contribution < 1.29 is 0 Å². The van der Waals surface area contributed by atoms with Gasteiger partial charge in [0.1, 0.15) is 0 Å². The first-order valence-electron chi connectivity index (χ1n) is 3.93. The lowest BCUT2D eigenvalue weighted by Crippen LogP contribution is -2.35. The Morgan fingerprint density at radius 2 is 2.23 bits per heavy atom. The van der Waals surface area contributed by atoms with Gasteiger partial charge in [0.15, 0.2) is 0 Å². The van der Waals surface area contributed by atoms with E-state index in [0.29, 0.717) is 0 Å². The van der Waals surface area contributed by atoms with Gasteiger partial charge in [0, 0.05) is 10.9 Å². The second-order valence-electron chi connectivity index (χ2n) is 2.68. The first kappa shape index (κ1) is 10.3. The van der Waals surface area contributed by atoms with Crippen LogP contribution in [0.1, 0.15) is 5.56 Å². The second-order valence-corrected chi connectivity index (χ2v) is 3.54. The maximum absolute atomic E-state index is 5.27. The molecule has 1 unspecified atom stereocenters. The topological polar surface area (TPSA) is 38.0 Å². The molecule has 13 heavy (non-hydrogen) atoms. The van der Waals surface area contributed by atoms with Crippen molar-refractivity contribution >= 4 is 15.9 Å². The molecule has 2 nitrogen and oxygen atoms in total. The Kier molecular flexibility index (Phi) is 3.97. The number of hydrogen-bond acceptors (Lipinski definition) is 2. The summed E-state index contributed by atoms with van der Waals surface area (Å²) in [4.78, 5) is 0. The highest BCUT2D eigenvalue weighted by molar-refractivity contribution is 9.10. The number of rotatable bonds is 3. The predicted octanol–water partition coefficient (Wildman–Crippen LogP) is 1.46. The van der Waals surface area contributed by atoms with Gasteiger partial charge in [-0.05, 0) is 11.6 Å². The van der Waals surface area contributed by atoms with Crippen molar-refractivity contribution in [3.63, 3.8) is 0 Å². The van der Waals surface area contributed by atoms with Crippen LogP contribution in [0.4, 0.5) is 0 Å². The molecule has 0 saturated carbocycles. The van der Waals surface area contributed by atoms with Crippen molar-refractivity contribution in [3.05, 3.63) is 34.3 Å². The van der Waals surface area contributed by atoms with Gasteiger partial charge in [-0.15, -0.1) is 6.42 Å². The zero-order valence-corrected chi connectivity index (χ0v) is 8.71. The van der Waals surface area contributed by atoms with Crippen LogP contribution >= 0.6 is 15.9 Å². The number of benzene rings is 1. The maximum atomic E-state index is 5.27. The molecule has 0 fully saturated rings. The van der Waals surface area contributed by atoms with Gasteiger partial charge in [-0.1, -0.05) is 40.0 Å². The molecule has 1 atom stereocenters. The molecule has 0 heterocycles. The van der Waals surface area contributed by atoms with Gasteiger partial charge in [0.2, 0.25) is 0 Å². The molecule has 0 radical (unpaired) electrons. The third-order valence-corrected chi connectivity index (χ3v) is 2.56. The van der Waals surface area contributed by atoms with Crippen LogP contribution in [0.5, 0.6) is 0 Å². The lowest BCUT2D eigenvalue weighted by molar-refractivity contribution is 0.633. The molecule has 1 aromatic rings. The van der Waals surface area contributed by atoms with Crippen molar-refractivity contribution in [3.8, 4) is 12.3 Å². The Bertz CT molecular complexity index is 317. The molecule has 0 saturated heterocycles. The zero-order valence-electron chi connectivity index (χ0n) is 7.13. The van der Waals surface area contributed by atoms with Crippen LogP contribution in [0.15, 0.2) is 28.7 Å². The normalized spacial score (nSPS) is 12.1. The molecular weight excluding hydrogens is 228 g/mol. The monoisotopic (exact) mass is 238 g/mol. The van der Waals surface area contributed by atoms with Crippen LogP contribution < -0.4 is 11.3 Å². The van der Waals surface area contributed by atoms with E-state index in [0.717, 1.165) is 16.5 Å². The number of nitrogens with two attached hydrogens (primary N) is 1. The Morgan fingerprint density at radius 3 is 2.77 bits per heavy atom. The smallest absolute Gasteiger partial charge is 0.0855 e. The third-order valence-electron chi connectivity index (χ3n) is 1.78. The highest BCUT2D eigenvalue weighted by Gasteiger charge is 2.05. The van der Waals surface area contributed by atoms with Gasteiger partial charge >= 0.3 is 0 Å². The van der Waals surface area contributed by atoms with Crippen LogP contribution in [-0.4, -0.2) is 6.04 Å². The number of nitrogens with one attached hydrogen (secondary N) is 1. The van der Waals surface area contributed by atoms with E-state index in [1.54, 1.807) is 0 Å². The number of halogens is 1. The summed E-state index contributed by atoms with van der Waals surface area (Å²) in [7, 11) is 0. The highest BCUT2D eigenvalue weighted by atomic mass is 79.9. The average molecular weight is 239 g/mol. The molecule has 0 aliphatic rings. The van der Waals surface area contributed by atoms with Crippen LogP contribution in [0.3, 0.4) is 0 Å². The van der Waals surface area contributed by atoms with E-state index in [1.165, 1.54) is 0 Å². The van der Waals surface area contributed by atoms with E-state index < -0.39 is 0 Å². The molecule has 0 aromatic heterocycles. The minimum Gasteiger partial charge on any atom is -0.270 e. The molecule has 1 rings (SSSR count). The fourth-order valence-corrected chi connectivity index (χ4v) is 1.50. The van der Waals surface area contributed by atoms with Gasteiger partial charge in [0.25, 0.3) is 0 Å². The first-order chi connectivity index (χ1) is 6.27. The fraction of sp³-hybridized carbons (Fsp3) is 0.200. The molecule has 3 heteroatoms. The van der Waals surface area contributed by atoms with Crippen LogP contribution in [0.25, 0.3) is 0 Å². The molecule has 3 N–H and O–H groups in total. The van der Waals surface area contributed by atoms with Gasteiger partial charge in [-0.2, -0.15) is 0 Å². The van der Waals surface area contributed by atoms with Crippen molar-refractivity contribution in [1.82, 2.24) is 5.43 Å². The second kappa shape index (κ2) is 5.03. The van der Waals surface area contributed by atoms with Gasteiger partial charge in [-0.3, -0.25) is 5.84 Å². The third kappa shape index (κ3) is 2.85. The maximum Gasteiger partial charge on any atom is 0.0855 e. The number of terminal acetylenes is 1. The number of hydrazine groups is 1. The summed E-state index contributed by atoms with van der Waals surface area (Å²) in [6.45, 7) is 0. The Morgan fingerprint density at radius 1 is 1.54 bits per heavy atom. The molecule has 68 valence electrons. The average Bonchev–Trinajstić information content (AvgIpc) is 2.17. The summed E-state index contributed by atoms with van der Waals surface area (Å²) in [5, 5.41) is 0. The lowest BCUT2D eigenvalue weighted by Gasteiger charge is -2.09. The van der Waals surface area contributed by atoms with E-state index in [4.69, 9.17) is 12.3 Å². The molecular formula is C10H11BrN2. The molecule has 0 bridgehead atoms. The summed E-state index contributed by atoms with van der Waals surface area (Å²) in [6, 6.07) is 7.84. The Balaban J connectivity index is 2.74. The lowest BCUT2D eigenvalue weighted by atomic mass is 10.1. The van der Waals surface area contributed by atoms with E-state index >= 15 is 0 Å². The van der Waals surface area contributed by atoms with Crippen LogP contribution in [-0.2, 0) is 6.42 Å². The molecule has 0 aliphatic carbocycles. The molecule has 1 aromatic carbocycles. The standard InChI is InChI=1S/C10H11BrN2/c1-2-9(13-12)7-8-5-3-4-6-10(8)11/h1,3-6,9,13H,7,12H2. The summed E-state index contributed by atoms with van der Waals surface area (Å²) in [6.07, 6.45) is 6.00. The van der Waals surface area contributed by atoms with Crippen molar-refractivity contribution in [2.75, 3.05) is 0 Å². The van der Waals surface area contributed by atoms with Gasteiger partial charge in [0.05, 0.1) is 6.04 Å². The first-order valence-corrected chi connectivity index (χ1v) is 4.73. The Hall–Kier alpha value is -0.820. The minimum atomic E-state index is -0.112. The SMILES string of the molecule is C#CC(Cc1ccccc1Br)NN. The summed E-state index contributed by atoms with van der Waals surface area (Å²) in [5.41, 5.74) is 3.73. The minimum absolute atomic E-state index is 0.112. The summed E-state index contributed by atoms with van der Waals surface area (Å²) < 4.78 is 1.06. The number of hydrogen-bond donors (Lipinski definition) is 2. The molecule has 0 aliphatic heterocycles. The van der Waals surface area contributed by atoms with E-state index in [2.05, 4.69) is 27.3 Å². The molecule has 0 amide bonds. The van der Waals surface area contributed by atoms with Crippen molar-refractivity contribution in [1.29, 1.82) is 0 Å².